The van der Waals surface area contributed by atoms with Crippen LogP contribution in [0.15, 0.2) is 23.1 Å². The molecule has 0 aliphatic rings. The molecule has 2 N–H and O–H groups in total. The first kappa shape index (κ1) is 15.0. The van der Waals surface area contributed by atoms with Crippen molar-refractivity contribution in [2.75, 3.05) is 27.3 Å². The van der Waals surface area contributed by atoms with E-state index < -0.39 is 15.8 Å². The molecule has 0 heterocycles. The van der Waals surface area contributed by atoms with Crippen LogP contribution in [0.1, 0.15) is 5.56 Å². The highest BCUT2D eigenvalue weighted by Crippen LogP contribution is 2.19. The first-order chi connectivity index (χ1) is 8.43. The van der Waals surface area contributed by atoms with Gasteiger partial charge in [-0.3, -0.25) is 0 Å². The third-order valence-corrected chi connectivity index (χ3v) is 4.42. The monoisotopic (exact) mass is 276 g/mol. The van der Waals surface area contributed by atoms with E-state index in [0.717, 1.165) is 10.4 Å². The lowest BCUT2D eigenvalue weighted by Gasteiger charge is -2.17. The summed E-state index contributed by atoms with van der Waals surface area (Å²) in [6.07, 6.45) is 0. The summed E-state index contributed by atoms with van der Waals surface area (Å²) in [6, 6.07) is 3.87. The molecule has 0 aromatic heterocycles. The van der Waals surface area contributed by atoms with Crippen molar-refractivity contribution in [3.8, 4) is 0 Å². The van der Waals surface area contributed by atoms with Crippen LogP contribution in [-0.2, 0) is 21.3 Å². The lowest BCUT2D eigenvalue weighted by Crippen LogP contribution is -2.30. The minimum atomic E-state index is -3.83. The highest BCUT2D eigenvalue weighted by atomic mass is 32.2. The molecule has 0 unspecified atom stereocenters. The second-order valence-corrected chi connectivity index (χ2v) is 5.80. The average molecular weight is 276 g/mol. The Balaban J connectivity index is 3.05. The highest BCUT2D eigenvalue weighted by molar-refractivity contribution is 7.89. The molecule has 5 nitrogen and oxygen atoms in total. The van der Waals surface area contributed by atoms with E-state index in [1.807, 2.05) is 0 Å². The van der Waals surface area contributed by atoms with Crippen LogP contribution in [0, 0.1) is 5.82 Å². The van der Waals surface area contributed by atoms with Gasteiger partial charge in [0.25, 0.3) is 0 Å². The summed E-state index contributed by atoms with van der Waals surface area (Å²) in [7, 11) is -0.980. The molecular weight excluding hydrogens is 259 g/mol. The van der Waals surface area contributed by atoms with E-state index in [-0.39, 0.29) is 24.6 Å². The van der Waals surface area contributed by atoms with E-state index >= 15 is 0 Å². The van der Waals surface area contributed by atoms with Crippen LogP contribution in [0.5, 0.6) is 0 Å². The van der Waals surface area contributed by atoms with Gasteiger partial charge in [0.2, 0.25) is 10.0 Å². The number of hydrogen-bond acceptors (Lipinski definition) is 4. The van der Waals surface area contributed by atoms with Crippen molar-refractivity contribution in [3.63, 3.8) is 0 Å². The van der Waals surface area contributed by atoms with E-state index in [1.165, 1.54) is 26.3 Å². The smallest absolute Gasteiger partial charge is 0.245 e. The van der Waals surface area contributed by atoms with Crippen LogP contribution in [0.4, 0.5) is 4.39 Å². The predicted molar refractivity (Wildman–Crippen MR) is 66.0 cm³/mol. The number of rotatable bonds is 6. The number of benzene rings is 1. The molecule has 0 saturated carbocycles. The van der Waals surface area contributed by atoms with Crippen LogP contribution >= 0.6 is 0 Å². The molecule has 0 bridgehead atoms. The lowest BCUT2D eigenvalue weighted by molar-refractivity contribution is 0.185. The van der Waals surface area contributed by atoms with Gasteiger partial charge in [-0.15, -0.1) is 0 Å². The maximum Gasteiger partial charge on any atom is 0.245 e. The SMILES string of the molecule is COCCN(C)S(=O)(=O)c1ccc(CN)cc1F. The third kappa shape index (κ3) is 3.26. The second-order valence-electron chi connectivity index (χ2n) is 3.79. The maximum absolute atomic E-state index is 13.7. The van der Waals surface area contributed by atoms with Crippen LogP contribution in [-0.4, -0.2) is 40.0 Å². The Hall–Kier alpha value is -1.02. The quantitative estimate of drug-likeness (QED) is 0.823. The van der Waals surface area contributed by atoms with Gasteiger partial charge in [-0.05, 0) is 17.7 Å². The molecule has 1 rings (SSSR count). The molecule has 18 heavy (non-hydrogen) atoms. The van der Waals surface area contributed by atoms with Crippen molar-refractivity contribution in [3.05, 3.63) is 29.6 Å². The third-order valence-electron chi connectivity index (χ3n) is 2.53. The molecule has 0 aliphatic carbocycles. The summed E-state index contributed by atoms with van der Waals surface area (Å²) in [5.74, 6) is -0.790. The number of methoxy groups -OCH3 is 1. The van der Waals surface area contributed by atoms with Crippen LogP contribution in [0.3, 0.4) is 0 Å². The Kier molecular flexibility index (Phi) is 5.21. The van der Waals surface area contributed by atoms with E-state index in [2.05, 4.69) is 0 Å². The highest BCUT2D eigenvalue weighted by Gasteiger charge is 2.24. The number of halogens is 1. The zero-order valence-corrected chi connectivity index (χ0v) is 11.2. The first-order valence-corrected chi connectivity index (χ1v) is 6.81. The molecule has 0 radical (unpaired) electrons. The number of ether oxygens (including phenoxy) is 1. The molecular formula is C11H17FN2O3S. The predicted octanol–water partition coefficient (Wildman–Crippen LogP) is 0.551. The maximum atomic E-state index is 13.7. The van der Waals surface area contributed by atoms with Gasteiger partial charge >= 0.3 is 0 Å². The minimum Gasteiger partial charge on any atom is -0.383 e. The summed E-state index contributed by atoms with van der Waals surface area (Å²) >= 11 is 0. The molecule has 0 saturated heterocycles. The topological polar surface area (TPSA) is 72.6 Å². The number of sulfonamides is 1. The molecule has 0 amide bonds. The Morgan fingerprint density at radius 3 is 2.61 bits per heavy atom. The fraction of sp³-hybridized carbons (Fsp3) is 0.455. The van der Waals surface area contributed by atoms with Gasteiger partial charge in [-0.2, -0.15) is 4.31 Å². The normalized spacial score (nSPS) is 12.1. The number of nitrogens with two attached hydrogens (primary N) is 1. The molecule has 0 atom stereocenters. The second kappa shape index (κ2) is 6.24. The molecule has 7 heteroatoms. The van der Waals surface area contributed by atoms with E-state index in [1.54, 1.807) is 0 Å². The minimum absolute atomic E-state index is 0.163. The largest absolute Gasteiger partial charge is 0.383 e. The average Bonchev–Trinajstić information content (AvgIpc) is 2.35. The Labute approximate surface area is 106 Å². The van der Waals surface area contributed by atoms with Gasteiger partial charge in [0, 0.05) is 27.2 Å². The zero-order valence-electron chi connectivity index (χ0n) is 10.4. The Morgan fingerprint density at radius 1 is 1.44 bits per heavy atom. The number of nitrogens with zero attached hydrogens (tertiary/aromatic N) is 1. The molecule has 0 spiro atoms. The van der Waals surface area contributed by atoms with Crippen molar-refractivity contribution in [1.29, 1.82) is 0 Å². The van der Waals surface area contributed by atoms with Crippen molar-refractivity contribution in [2.24, 2.45) is 5.73 Å². The summed E-state index contributed by atoms with van der Waals surface area (Å²) in [4.78, 5) is -0.349. The summed E-state index contributed by atoms with van der Waals surface area (Å²) in [5, 5.41) is 0. The van der Waals surface area contributed by atoms with Gasteiger partial charge in [0.1, 0.15) is 10.7 Å². The number of hydrogen-bond donors (Lipinski definition) is 1. The van der Waals surface area contributed by atoms with E-state index in [9.17, 15) is 12.8 Å². The lowest BCUT2D eigenvalue weighted by atomic mass is 10.2. The van der Waals surface area contributed by atoms with Gasteiger partial charge in [0.15, 0.2) is 0 Å². The van der Waals surface area contributed by atoms with Gasteiger partial charge < -0.3 is 10.5 Å². The van der Waals surface area contributed by atoms with E-state index in [4.69, 9.17) is 10.5 Å². The molecule has 1 aromatic rings. The standard InChI is InChI=1S/C11H17FN2O3S/c1-14(5-6-17-2)18(15,16)11-4-3-9(8-13)7-10(11)12/h3-4,7H,5-6,8,13H2,1-2H3. The number of likely N-dealkylation sites (N-methyl/N-ethyl adjacent to an activating group) is 1. The van der Waals surface area contributed by atoms with Crippen molar-refractivity contribution < 1.29 is 17.5 Å². The molecule has 102 valence electrons. The fourth-order valence-electron chi connectivity index (χ4n) is 1.39. The van der Waals surface area contributed by atoms with Crippen molar-refractivity contribution in [2.45, 2.75) is 11.4 Å². The van der Waals surface area contributed by atoms with E-state index in [0.29, 0.717) is 5.56 Å². The zero-order chi connectivity index (χ0) is 13.8. The fourth-order valence-corrected chi connectivity index (χ4v) is 2.58. The van der Waals surface area contributed by atoms with Gasteiger partial charge in [-0.1, -0.05) is 6.07 Å². The van der Waals surface area contributed by atoms with Crippen molar-refractivity contribution in [1.82, 2.24) is 4.31 Å². The van der Waals surface area contributed by atoms with Crippen molar-refractivity contribution >= 4 is 10.0 Å². The molecule has 1 aromatic carbocycles. The van der Waals surface area contributed by atoms with Gasteiger partial charge in [-0.25, -0.2) is 12.8 Å². The van der Waals surface area contributed by atoms with Crippen LogP contribution in [0.2, 0.25) is 0 Å². The summed E-state index contributed by atoms with van der Waals surface area (Å²) in [6.45, 7) is 0.575. The van der Waals surface area contributed by atoms with Gasteiger partial charge in [0.05, 0.1) is 6.61 Å². The molecule has 0 aliphatic heterocycles. The summed E-state index contributed by atoms with van der Waals surface area (Å²) < 4.78 is 43.7. The van der Waals surface area contributed by atoms with Crippen LogP contribution in [0.25, 0.3) is 0 Å². The summed E-state index contributed by atoms with van der Waals surface area (Å²) in [5.41, 5.74) is 5.91. The molecule has 0 fully saturated rings. The first-order valence-electron chi connectivity index (χ1n) is 5.37. The Morgan fingerprint density at radius 2 is 2.11 bits per heavy atom. The Bertz CT molecular complexity index is 505. The van der Waals surface area contributed by atoms with Crippen LogP contribution < -0.4 is 5.73 Å².